The summed E-state index contributed by atoms with van der Waals surface area (Å²) in [6.45, 7) is 0. The summed E-state index contributed by atoms with van der Waals surface area (Å²) in [6, 6.07) is 0. The number of hydrogen-bond donors (Lipinski definition) is 2. The molecule has 4 nitrogen and oxygen atoms in total. The van der Waals surface area contributed by atoms with E-state index < -0.39 is 0 Å². The molecule has 4 N–H and O–H groups in total. The molecule has 0 aliphatic rings. The Balaban J connectivity index is 3.14. The Labute approximate surface area is 39.9 Å². The van der Waals surface area contributed by atoms with Crippen LogP contribution in [-0.2, 0) is 4.39 Å². The van der Waals surface area contributed by atoms with E-state index in [2.05, 4.69) is 21.4 Å². The van der Waals surface area contributed by atoms with Crippen LogP contribution in [0.5, 0.6) is 0 Å². The summed E-state index contributed by atoms with van der Waals surface area (Å²) in [5.41, 5.74) is 9.44. The fourth-order valence-electron chi connectivity index (χ4n) is 0.0398. The minimum absolute atomic E-state index is 0.190. The van der Waals surface area contributed by atoms with Gasteiger partial charge >= 0.3 is 0 Å². The van der Waals surface area contributed by atoms with Crippen LogP contribution in [0.1, 0.15) is 0 Å². The van der Waals surface area contributed by atoms with Crippen LogP contribution in [0.3, 0.4) is 0 Å². The lowest BCUT2D eigenvalue weighted by atomic mass is 11.1. The zero-order valence-corrected chi connectivity index (χ0v) is 3.64. The van der Waals surface area contributed by atoms with E-state index >= 15 is 0 Å². The van der Waals surface area contributed by atoms with Gasteiger partial charge in [-0.3, -0.25) is 4.39 Å². The largest absolute Gasteiger partial charge is 0.367 e. The monoisotopic (exact) mass is 109 g/mol. The predicted molar refractivity (Wildman–Crippen MR) is 22.7 cm³/mol. The maximum atomic E-state index is 4.72. The molecule has 5 heteroatoms. The van der Waals surface area contributed by atoms with Gasteiger partial charge in [-0.1, -0.05) is 0 Å². The van der Waals surface area contributed by atoms with E-state index in [-0.39, 0.29) is 5.96 Å². The van der Waals surface area contributed by atoms with Crippen LogP contribution in [0.4, 0.5) is 0 Å². The van der Waals surface area contributed by atoms with Gasteiger partial charge in [-0.05, 0) is 5.16 Å². The van der Waals surface area contributed by atoms with Crippen molar-refractivity contribution >= 4 is 17.8 Å². The van der Waals surface area contributed by atoms with Gasteiger partial charge in [0.05, 0.1) is 0 Å². The van der Waals surface area contributed by atoms with Crippen molar-refractivity contribution in [3.63, 3.8) is 0 Å². The first kappa shape index (κ1) is 5.36. The van der Waals surface area contributed by atoms with Crippen LogP contribution < -0.4 is 11.5 Å². The lowest BCUT2D eigenvalue weighted by Gasteiger charge is -1.80. The average Bonchev–Trinajstić information content (AvgIpc) is 1.35. The van der Waals surface area contributed by atoms with E-state index in [1.807, 2.05) is 0 Å². The van der Waals surface area contributed by atoms with Crippen molar-refractivity contribution < 1.29 is 4.39 Å². The topological polar surface area (TPSA) is 73.6 Å². The number of rotatable bonds is 1. The molecule has 0 aromatic rings. The Morgan fingerprint density at radius 3 is 2.17 bits per heavy atom. The van der Waals surface area contributed by atoms with Gasteiger partial charge in [0.15, 0.2) is 11.9 Å². The maximum absolute atomic E-state index is 4.72. The average molecular weight is 110 g/mol. The third-order valence-corrected chi connectivity index (χ3v) is 0.209. The molecule has 0 fully saturated rings. The van der Waals surface area contributed by atoms with Crippen LogP contribution >= 0.6 is 11.9 Å². The summed E-state index contributed by atoms with van der Waals surface area (Å²) in [5.74, 6) is -0.190. The first-order valence-corrected chi connectivity index (χ1v) is 1.45. The zero-order valence-electron chi connectivity index (χ0n) is 2.89. The molecular formula is CH4ClN3O. The molecule has 0 spiro atoms. The summed E-state index contributed by atoms with van der Waals surface area (Å²) in [5, 5.41) is 2.86. The minimum atomic E-state index is -0.190. The number of nitrogens with two attached hydrogens (primary N) is 2. The van der Waals surface area contributed by atoms with Gasteiger partial charge in [0.25, 0.3) is 0 Å². The van der Waals surface area contributed by atoms with E-state index in [0.29, 0.717) is 0 Å². The van der Waals surface area contributed by atoms with Crippen molar-refractivity contribution in [1.29, 1.82) is 0 Å². The molecule has 0 amide bonds. The highest BCUT2D eigenvalue weighted by molar-refractivity contribution is 6.07. The van der Waals surface area contributed by atoms with Crippen molar-refractivity contribution in [2.24, 2.45) is 16.6 Å². The zero-order chi connectivity index (χ0) is 4.99. The molecule has 0 radical (unpaired) electrons. The van der Waals surface area contributed by atoms with Gasteiger partial charge in [-0.2, -0.15) is 0 Å². The molecule has 0 aromatic heterocycles. The normalized spacial score (nSPS) is 6.83. The second-order valence-corrected chi connectivity index (χ2v) is 0.723. The van der Waals surface area contributed by atoms with Gasteiger partial charge in [0.1, 0.15) is 0 Å². The van der Waals surface area contributed by atoms with Gasteiger partial charge in [-0.25, -0.2) is 0 Å². The summed E-state index contributed by atoms with van der Waals surface area (Å²) >= 11 is 4.55. The molecule has 0 saturated heterocycles. The van der Waals surface area contributed by atoms with Gasteiger partial charge < -0.3 is 11.5 Å². The number of hydrogen-bond acceptors (Lipinski definition) is 2. The number of oxime groups is 1. The number of nitrogens with zero attached hydrogens (tertiary/aromatic N) is 1. The number of halogens is 1. The van der Waals surface area contributed by atoms with E-state index in [1.54, 1.807) is 0 Å². The summed E-state index contributed by atoms with van der Waals surface area (Å²) < 4.78 is 3.61. The van der Waals surface area contributed by atoms with Crippen molar-refractivity contribution in [3.05, 3.63) is 0 Å². The third kappa shape index (κ3) is 3.36. The fraction of sp³-hybridized carbons (Fsp3) is 0. The summed E-state index contributed by atoms with van der Waals surface area (Å²) in [4.78, 5) is 0. The van der Waals surface area contributed by atoms with E-state index in [0.717, 1.165) is 0 Å². The van der Waals surface area contributed by atoms with Gasteiger partial charge in [0, 0.05) is 0 Å². The first-order chi connectivity index (χ1) is 2.77. The van der Waals surface area contributed by atoms with E-state index in [1.165, 1.54) is 0 Å². The van der Waals surface area contributed by atoms with Crippen molar-refractivity contribution in [2.75, 3.05) is 0 Å². The molecule has 0 aliphatic heterocycles. The maximum Gasteiger partial charge on any atom is 0.230 e. The molecule has 0 rings (SSSR count). The Hall–Kier alpha value is -0.640. The molecular weight excluding hydrogens is 105 g/mol. The lowest BCUT2D eigenvalue weighted by Crippen LogP contribution is -2.22. The van der Waals surface area contributed by atoms with E-state index in [9.17, 15) is 0 Å². The number of guanidine groups is 1. The highest BCUT2D eigenvalue weighted by Gasteiger charge is 1.71. The first-order valence-electron chi connectivity index (χ1n) is 1.14. The smallest absolute Gasteiger partial charge is 0.230 e. The fourth-order valence-corrected chi connectivity index (χ4v) is 0.120. The Morgan fingerprint density at radius 1 is 1.67 bits per heavy atom. The van der Waals surface area contributed by atoms with Gasteiger partial charge in [0.2, 0.25) is 5.96 Å². The lowest BCUT2D eigenvalue weighted by molar-refractivity contribution is 0.379. The van der Waals surface area contributed by atoms with Crippen LogP contribution in [0.2, 0.25) is 0 Å². The van der Waals surface area contributed by atoms with Gasteiger partial charge in [-0.15, -0.1) is 0 Å². The molecule has 6 heavy (non-hydrogen) atoms. The van der Waals surface area contributed by atoms with Crippen LogP contribution in [0.25, 0.3) is 0 Å². The highest BCUT2D eigenvalue weighted by Crippen LogP contribution is 1.74. The van der Waals surface area contributed by atoms with Crippen molar-refractivity contribution in [3.8, 4) is 0 Å². The molecule has 0 unspecified atom stereocenters. The summed E-state index contributed by atoms with van der Waals surface area (Å²) in [6.07, 6.45) is 0. The van der Waals surface area contributed by atoms with Crippen molar-refractivity contribution in [1.82, 2.24) is 0 Å². The minimum Gasteiger partial charge on any atom is -0.367 e. The molecule has 0 heterocycles. The summed E-state index contributed by atoms with van der Waals surface area (Å²) in [7, 11) is 0. The van der Waals surface area contributed by atoms with Crippen molar-refractivity contribution in [2.45, 2.75) is 0 Å². The Morgan fingerprint density at radius 2 is 2.17 bits per heavy atom. The van der Waals surface area contributed by atoms with Crippen LogP contribution in [0.15, 0.2) is 5.16 Å². The molecule has 0 aromatic carbocycles. The van der Waals surface area contributed by atoms with Crippen LogP contribution in [-0.4, -0.2) is 5.96 Å². The highest BCUT2D eigenvalue weighted by atomic mass is 35.5. The Kier molecular flexibility index (Phi) is 2.31. The SMILES string of the molecule is NC(N)=NOCl. The predicted octanol–water partition coefficient (Wildman–Crippen LogP) is -0.655. The standard InChI is InChI=1S/CH4ClN3O/c2-6-5-1(3)4/h(H4,3,4,5). The third-order valence-electron chi connectivity index (χ3n) is 0.140. The molecule has 0 atom stereocenters. The van der Waals surface area contributed by atoms with Crippen LogP contribution in [0, 0.1) is 0 Å². The Bertz CT molecular complexity index is 57.8. The molecule has 0 aliphatic carbocycles. The molecule has 0 bridgehead atoms. The second kappa shape index (κ2) is 2.59. The quantitative estimate of drug-likeness (QED) is 0.267. The molecule has 0 saturated carbocycles. The second-order valence-electron chi connectivity index (χ2n) is 0.585. The molecule has 36 valence electrons. The van der Waals surface area contributed by atoms with E-state index in [4.69, 9.17) is 11.5 Å².